The summed E-state index contributed by atoms with van der Waals surface area (Å²) in [6.45, 7) is -0.148. The molecule has 9 heteroatoms. The van der Waals surface area contributed by atoms with Crippen LogP contribution in [0.15, 0.2) is 19.8 Å². The van der Waals surface area contributed by atoms with Crippen molar-refractivity contribution in [3.63, 3.8) is 0 Å². The van der Waals surface area contributed by atoms with Crippen LogP contribution in [0.25, 0.3) is 0 Å². The van der Waals surface area contributed by atoms with E-state index in [0.717, 1.165) is 0 Å². The molecule has 0 amide bonds. The lowest BCUT2D eigenvalue weighted by molar-refractivity contribution is -0.420. The molecule has 2 N–H and O–H groups in total. The summed E-state index contributed by atoms with van der Waals surface area (Å²) in [5, 5.41) is 20.9. The summed E-state index contributed by atoms with van der Waals surface area (Å²) in [6, 6.07) is 0. The fourth-order valence-corrected chi connectivity index (χ4v) is 1.34. The fraction of sp³-hybridized carbons (Fsp3) is 0.333. The van der Waals surface area contributed by atoms with Crippen LogP contribution in [0, 0.1) is 10.1 Å². The Labute approximate surface area is 109 Å². The molecular formula is C6H6BrCl3N2O3. The first-order valence-electron chi connectivity index (χ1n) is 3.51. The Bertz CT molecular complexity index is 315. The average Bonchev–Trinajstić information content (AvgIpc) is 2.14. The Kier molecular flexibility index (Phi) is 7.29. The van der Waals surface area contributed by atoms with Crippen molar-refractivity contribution in [2.24, 2.45) is 0 Å². The van der Waals surface area contributed by atoms with Crippen molar-refractivity contribution in [1.82, 2.24) is 5.32 Å². The number of aliphatic hydroxyl groups is 1. The summed E-state index contributed by atoms with van der Waals surface area (Å²) in [5.74, 6) is 0. The van der Waals surface area contributed by atoms with Gasteiger partial charge in [-0.2, -0.15) is 0 Å². The average molecular weight is 340 g/mol. The number of hydrogen-bond donors (Lipinski definition) is 2. The lowest BCUT2D eigenvalue weighted by Crippen LogP contribution is -2.18. The van der Waals surface area contributed by atoms with Crippen LogP contribution in [0.4, 0.5) is 0 Å². The largest absolute Gasteiger partial charge is 0.395 e. The number of rotatable bonds is 5. The molecule has 0 atom stereocenters. The molecule has 0 unspecified atom stereocenters. The molecule has 0 aliphatic heterocycles. The summed E-state index contributed by atoms with van der Waals surface area (Å²) in [6.07, 6.45) is 0. The minimum Gasteiger partial charge on any atom is -0.395 e. The number of hydrogen-bond acceptors (Lipinski definition) is 4. The number of halogens is 4. The Morgan fingerprint density at radius 2 is 2.00 bits per heavy atom. The number of aliphatic hydroxyl groups excluding tert-OH is 1. The highest BCUT2D eigenvalue weighted by molar-refractivity contribution is 9.12. The summed E-state index contributed by atoms with van der Waals surface area (Å²) in [5.41, 5.74) is -0.561. The zero-order valence-electron chi connectivity index (χ0n) is 7.14. The Morgan fingerprint density at radius 1 is 1.47 bits per heavy atom. The second kappa shape index (κ2) is 7.29. The maximum Gasteiger partial charge on any atom is 0.324 e. The standard InChI is InChI=1S/C6H6BrCl3N2O3/c7-5(9)3(8)4(12(14)15)6(10)11-1-2-13/h11,13H,1-2H2/b5-3+,6-4-. The van der Waals surface area contributed by atoms with Gasteiger partial charge in [0.2, 0.25) is 0 Å². The van der Waals surface area contributed by atoms with Crippen molar-refractivity contribution in [3.05, 3.63) is 29.9 Å². The zero-order chi connectivity index (χ0) is 12.0. The first-order chi connectivity index (χ1) is 6.91. The van der Waals surface area contributed by atoms with Gasteiger partial charge >= 0.3 is 5.70 Å². The normalized spacial score (nSPS) is 14.2. The second-order valence-electron chi connectivity index (χ2n) is 2.14. The van der Waals surface area contributed by atoms with Gasteiger partial charge in [0.15, 0.2) is 5.16 Å². The molecule has 15 heavy (non-hydrogen) atoms. The second-order valence-corrected chi connectivity index (χ2v) is 4.53. The van der Waals surface area contributed by atoms with Crippen LogP contribution in [0.2, 0.25) is 0 Å². The Morgan fingerprint density at radius 3 is 2.33 bits per heavy atom. The predicted octanol–water partition coefficient (Wildman–Crippen LogP) is 2.29. The van der Waals surface area contributed by atoms with Gasteiger partial charge < -0.3 is 10.4 Å². The van der Waals surface area contributed by atoms with E-state index in [9.17, 15) is 10.1 Å². The maximum atomic E-state index is 10.6. The molecule has 86 valence electrons. The quantitative estimate of drug-likeness (QED) is 0.348. The fourth-order valence-electron chi connectivity index (χ4n) is 0.596. The molecule has 0 bridgehead atoms. The van der Waals surface area contributed by atoms with Crippen LogP contribution in [0.1, 0.15) is 0 Å². The lowest BCUT2D eigenvalue weighted by Gasteiger charge is -2.03. The monoisotopic (exact) mass is 338 g/mol. The van der Waals surface area contributed by atoms with E-state index in [-0.39, 0.29) is 27.3 Å². The topological polar surface area (TPSA) is 75.4 Å². The van der Waals surface area contributed by atoms with Gasteiger partial charge in [-0.1, -0.05) is 34.8 Å². The molecule has 5 nitrogen and oxygen atoms in total. The maximum absolute atomic E-state index is 10.6. The minimum absolute atomic E-state index is 0.0697. The third-order valence-corrected chi connectivity index (χ3v) is 2.75. The molecular weight excluding hydrogens is 334 g/mol. The van der Waals surface area contributed by atoms with Crippen molar-refractivity contribution in [3.8, 4) is 0 Å². The van der Waals surface area contributed by atoms with Gasteiger partial charge in [0.05, 0.1) is 11.5 Å². The molecule has 0 aliphatic carbocycles. The van der Waals surface area contributed by atoms with Gasteiger partial charge in [0.1, 0.15) is 8.97 Å². The van der Waals surface area contributed by atoms with Crippen molar-refractivity contribution in [2.45, 2.75) is 0 Å². The van der Waals surface area contributed by atoms with Gasteiger partial charge in [-0.05, 0) is 15.9 Å². The minimum atomic E-state index is -0.779. The van der Waals surface area contributed by atoms with Crippen molar-refractivity contribution < 1.29 is 10.0 Å². The molecule has 0 aromatic heterocycles. The van der Waals surface area contributed by atoms with Crippen molar-refractivity contribution in [2.75, 3.05) is 13.2 Å². The molecule has 0 rings (SSSR count). The molecule has 0 spiro atoms. The van der Waals surface area contributed by atoms with Gasteiger partial charge in [0, 0.05) is 6.54 Å². The van der Waals surface area contributed by atoms with Crippen LogP contribution in [0.3, 0.4) is 0 Å². The molecule has 0 heterocycles. The van der Waals surface area contributed by atoms with E-state index in [2.05, 4.69) is 21.2 Å². The first-order valence-corrected chi connectivity index (χ1v) is 5.44. The van der Waals surface area contributed by atoms with Crippen LogP contribution in [0.5, 0.6) is 0 Å². The molecule has 0 radical (unpaired) electrons. The molecule has 0 aliphatic rings. The summed E-state index contributed by atoms with van der Waals surface area (Å²) in [4.78, 5) is 9.83. The lowest BCUT2D eigenvalue weighted by atomic mass is 10.4. The highest BCUT2D eigenvalue weighted by atomic mass is 79.9. The van der Waals surface area contributed by atoms with Gasteiger partial charge in [-0.3, -0.25) is 10.1 Å². The Balaban J connectivity index is 5.12. The van der Waals surface area contributed by atoms with E-state index < -0.39 is 10.6 Å². The number of allylic oxidation sites excluding steroid dienone is 1. The number of nitrogens with one attached hydrogen (secondary N) is 1. The van der Waals surface area contributed by atoms with Crippen LogP contribution < -0.4 is 5.32 Å². The van der Waals surface area contributed by atoms with Gasteiger partial charge in [0.25, 0.3) is 0 Å². The molecule has 0 aromatic rings. The highest BCUT2D eigenvalue weighted by Gasteiger charge is 2.23. The van der Waals surface area contributed by atoms with Crippen molar-refractivity contribution in [1.29, 1.82) is 0 Å². The van der Waals surface area contributed by atoms with Crippen LogP contribution >= 0.6 is 50.7 Å². The summed E-state index contributed by atoms with van der Waals surface area (Å²) in [7, 11) is 0. The molecule has 0 fully saturated rings. The van der Waals surface area contributed by atoms with E-state index in [0.29, 0.717) is 0 Å². The third kappa shape index (κ3) is 5.03. The highest BCUT2D eigenvalue weighted by Crippen LogP contribution is 2.29. The van der Waals surface area contributed by atoms with E-state index in [1.165, 1.54) is 0 Å². The van der Waals surface area contributed by atoms with E-state index in [1.807, 2.05) is 0 Å². The third-order valence-electron chi connectivity index (χ3n) is 1.16. The smallest absolute Gasteiger partial charge is 0.324 e. The molecule has 0 saturated heterocycles. The Hall–Kier alpha value is -0.0100. The van der Waals surface area contributed by atoms with E-state index in [4.69, 9.17) is 39.9 Å². The number of nitrogens with zero attached hydrogens (tertiary/aromatic N) is 1. The van der Waals surface area contributed by atoms with E-state index in [1.54, 1.807) is 0 Å². The zero-order valence-corrected chi connectivity index (χ0v) is 11.0. The van der Waals surface area contributed by atoms with Gasteiger partial charge in [-0.25, -0.2) is 0 Å². The SMILES string of the molecule is O=[N+]([O-])C(/C(Cl)=C(\Cl)Br)=C(/Cl)NCCO. The molecule has 0 aromatic carbocycles. The van der Waals surface area contributed by atoms with Crippen LogP contribution in [-0.4, -0.2) is 23.2 Å². The first kappa shape index (κ1) is 15.0. The predicted molar refractivity (Wildman–Crippen MR) is 62.6 cm³/mol. The summed E-state index contributed by atoms with van der Waals surface area (Å²) < 4.78 is -0.125. The van der Waals surface area contributed by atoms with Gasteiger partial charge in [-0.15, -0.1) is 0 Å². The van der Waals surface area contributed by atoms with E-state index >= 15 is 0 Å². The molecule has 0 saturated carbocycles. The van der Waals surface area contributed by atoms with Crippen LogP contribution in [-0.2, 0) is 0 Å². The number of nitro groups is 1. The van der Waals surface area contributed by atoms with Crippen molar-refractivity contribution >= 4 is 50.7 Å². The summed E-state index contributed by atoms with van der Waals surface area (Å²) >= 11 is 19.4.